The van der Waals surface area contributed by atoms with Crippen LogP contribution in [-0.4, -0.2) is 43.2 Å². The molecule has 2 aromatic rings. The van der Waals surface area contributed by atoms with Crippen LogP contribution in [0.4, 0.5) is 5.69 Å². The Morgan fingerprint density at radius 1 is 1.18 bits per heavy atom. The van der Waals surface area contributed by atoms with E-state index in [-0.39, 0.29) is 47.2 Å². The smallest absolute Gasteiger partial charge is 0.359 e. The predicted molar refractivity (Wildman–Crippen MR) is 124 cm³/mol. The largest absolute Gasteiger partial charge is 0.461 e. The van der Waals surface area contributed by atoms with Gasteiger partial charge in [-0.1, -0.05) is 20.8 Å². The number of hydrogen-bond donors (Lipinski definition) is 2. The lowest BCUT2D eigenvalue weighted by Gasteiger charge is -2.16. The summed E-state index contributed by atoms with van der Waals surface area (Å²) in [5, 5.41) is 6.96. The monoisotopic (exact) mass is 480 g/mol. The topological polar surface area (TPSA) is 129 Å². The van der Waals surface area contributed by atoms with Crippen molar-refractivity contribution in [3.05, 3.63) is 29.5 Å². The van der Waals surface area contributed by atoms with E-state index < -0.39 is 16.0 Å². The maximum Gasteiger partial charge on any atom is 0.359 e. The van der Waals surface area contributed by atoms with E-state index >= 15 is 0 Å². The molecule has 182 valence electrons. The molecular weight excluding hydrogens is 448 g/mol. The Morgan fingerprint density at radius 3 is 2.45 bits per heavy atom. The third-order valence-corrected chi connectivity index (χ3v) is 6.16. The van der Waals surface area contributed by atoms with Crippen LogP contribution in [0.2, 0.25) is 0 Å². The molecular formula is C22H32N4O6S. The van der Waals surface area contributed by atoms with E-state index in [4.69, 9.17) is 9.47 Å². The van der Waals surface area contributed by atoms with E-state index in [1.165, 1.54) is 16.8 Å². The lowest BCUT2D eigenvalue weighted by atomic mass is 10.2. The number of ether oxygens (including phenoxy) is 2. The first kappa shape index (κ1) is 26.3. The minimum absolute atomic E-state index is 0.0363. The van der Waals surface area contributed by atoms with Gasteiger partial charge in [0, 0.05) is 30.3 Å². The van der Waals surface area contributed by atoms with Crippen LogP contribution in [0.3, 0.4) is 0 Å². The number of amides is 1. The molecule has 1 aromatic carbocycles. The van der Waals surface area contributed by atoms with Gasteiger partial charge in [0.05, 0.1) is 6.61 Å². The second kappa shape index (κ2) is 11.3. The highest BCUT2D eigenvalue weighted by Gasteiger charge is 2.26. The minimum atomic E-state index is -3.95. The van der Waals surface area contributed by atoms with Gasteiger partial charge in [-0.15, -0.1) is 0 Å². The van der Waals surface area contributed by atoms with Crippen LogP contribution in [0, 0.1) is 12.8 Å². The van der Waals surface area contributed by atoms with Crippen LogP contribution in [0.15, 0.2) is 23.1 Å². The van der Waals surface area contributed by atoms with Gasteiger partial charge in [-0.25, -0.2) is 22.6 Å². The van der Waals surface area contributed by atoms with Crippen molar-refractivity contribution >= 4 is 27.6 Å². The van der Waals surface area contributed by atoms with E-state index in [0.717, 1.165) is 0 Å². The maximum absolute atomic E-state index is 13.0. The first-order valence-electron chi connectivity index (χ1n) is 10.9. The fourth-order valence-corrected chi connectivity index (χ4v) is 4.14. The molecule has 0 unspecified atom stereocenters. The molecule has 1 amide bonds. The highest BCUT2D eigenvalue weighted by molar-refractivity contribution is 7.89. The normalized spacial score (nSPS) is 11.5. The van der Waals surface area contributed by atoms with Crippen molar-refractivity contribution < 1.29 is 27.5 Å². The van der Waals surface area contributed by atoms with E-state index in [1.807, 2.05) is 13.8 Å². The SMILES string of the molecule is CCCNS(=O)(=O)c1cc(NC(=O)C(C)C)ccc1Oc1c(C)c(C(=O)OCC)nn1CC. The van der Waals surface area contributed by atoms with Gasteiger partial charge >= 0.3 is 5.97 Å². The van der Waals surface area contributed by atoms with Crippen LogP contribution in [-0.2, 0) is 26.1 Å². The van der Waals surface area contributed by atoms with Gasteiger partial charge in [-0.05, 0) is 45.4 Å². The molecule has 1 heterocycles. The Balaban J connectivity index is 2.55. The molecule has 10 nitrogen and oxygen atoms in total. The van der Waals surface area contributed by atoms with Crippen molar-refractivity contribution in [2.75, 3.05) is 18.5 Å². The molecule has 0 spiro atoms. The molecule has 0 bridgehead atoms. The number of nitrogens with one attached hydrogen (secondary N) is 2. The van der Waals surface area contributed by atoms with Crippen LogP contribution in [0.1, 0.15) is 57.1 Å². The number of carbonyl (C=O) groups excluding carboxylic acids is 2. The van der Waals surface area contributed by atoms with Gasteiger partial charge in [-0.2, -0.15) is 5.10 Å². The highest BCUT2D eigenvalue weighted by Crippen LogP contribution is 2.34. The summed E-state index contributed by atoms with van der Waals surface area (Å²) in [4.78, 5) is 24.2. The average molecular weight is 481 g/mol. The van der Waals surface area contributed by atoms with E-state index in [0.29, 0.717) is 24.2 Å². The van der Waals surface area contributed by atoms with Crippen molar-refractivity contribution in [2.24, 2.45) is 5.92 Å². The van der Waals surface area contributed by atoms with Crippen molar-refractivity contribution in [1.29, 1.82) is 0 Å². The number of carbonyl (C=O) groups is 2. The Labute approximate surface area is 194 Å². The molecule has 33 heavy (non-hydrogen) atoms. The molecule has 0 fully saturated rings. The fourth-order valence-electron chi connectivity index (χ4n) is 2.86. The molecule has 0 aliphatic rings. The van der Waals surface area contributed by atoms with E-state index in [9.17, 15) is 18.0 Å². The summed E-state index contributed by atoms with van der Waals surface area (Å²) in [6.45, 7) is 11.3. The van der Waals surface area contributed by atoms with Gasteiger partial charge in [0.2, 0.25) is 21.8 Å². The minimum Gasteiger partial charge on any atom is -0.461 e. The summed E-state index contributed by atoms with van der Waals surface area (Å²) in [5.41, 5.74) is 0.853. The summed E-state index contributed by atoms with van der Waals surface area (Å²) >= 11 is 0. The van der Waals surface area contributed by atoms with Crippen LogP contribution >= 0.6 is 0 Å². The summed E-state index contributed by atoms with van der Waals surface area (Å²) in [6.07, 6.45) is 0.601. The number of rotatable bonds is 11. The highest BCUT2D eigenvalue weighted by atomic mass is 32.2. The number of esters is 1. The molecule has 0 aliphatic carbocycles. The van der Waals surface area contributed by atoms with Gasteiger partial charge in [0.25, 0.3) is 0 Å². The molecule has 0 saturated heterocycles. The number of aryl methyl sites for hydroxylation is 1. The van der Waals surface area contributed by atoms with E-state index in [2.05, 4.69) is 15.1 Å². The molecule has 2 rings (SSSR count). The molecule has 0 saturated carbocycles. The molecule has 1 aromatic heterocycles. The lowest BCUT2D eigenvalue weighted by Crippen LogP contribution is -2.25. The molecule has 0 aliphatic heterocycles. The zero-order valence-corrected chi connectivity index (χ0v) is 20.7. The summed E-state index contributed by atoms with van der Waals surface area (Å²) in [6, 6.07) is 4.37. The van der Waals surface area contributed by atoms with Crippen molar-refractivity contribution in [3.8, 4) is 11.6 Å². The first-order chi connectivity index (χ1) is 15.5. The van der Waals surface area contributed by atoms with Gasteiger partial charge in [0.15, 0.2) is 5.69 Å². The van der Waals surface area contributed by atoms with E-state index in [1.54, 1.807) is 33.8 Å². The maximum atomic E-state index is 13.0. The second-order valence-corrected chi connectivity index (χ2v) is 9.36. The lowest BCUT2D eigenvalue weighted by molar-refractivity contribution is -0.118. The molecule has 0 atom stereocenters. The molecule has 11 heteroatoms. The number of sulfonamides is 1. The predicted octanol–water partition coefficient (Wildman–Crippen LogP) is 3.46. The number of benzene rings is 1. The standard InChI is InChI=1S/C22H32N4O6S/c1-7-12-23-33(29,30)18-13-16(24-20(27)14(4)5)10-11-17(18)32-21-15(6)19(22(28)31-9-3)25-26(21)8-2/h10-11,13-14,23H,7-9,12H2,1-6H3,(H,24,27). The Morgan fingerprint density at radius 2 is 1.88 bits per heavy atom. The molecule has 2 N–H and O–H groups in total. The number of aromatic nitrogens is 2. The summed E-state index contributed by atoms with van der Waals surface area (Å²) in [5.74, 6) is -0.841. The van der Waals surface area contributed by atoms with Crippen molar-refractivity contribution in [2.45, 2.75) is 59.4 Å². The third-order valence-electron chi connectivity index (χ3n) is 4.67. The van der Waals surface area contributed by atoms with Crippen LogP contribution in [0.5, 0.6) is 11.6 Å². The van der Waals surface area contributed by atoms with Crippen molar-refractivity contribution in [1.82, 2.24) is 14.5 Å². The number of anilines is 1. The average Bonchev–Trinajstić information content (AvgIpc) is 3.08. The van der Waals surface area contributed by atoms with Gasteiger partial charge in [0.1, 0.15) is 10.6 Å². The third kappa shape index (κ3) is 6.32. The van der Waals surface area contributed by atoms with Crippen LogP contribution < -0.4 is 14.8 Å². The van der Waals surface area contributed by atoms with Gasteiger partial charge in [-0.3, -0.25) is 4.79 Å². The summed E-state index contributed by atoms with van der Waals surface area (Å²) < 4.78 is 41.1. The Kier molecular flexibility index (Phi) is 9.00. The Hall–Kier alpha value is -2.92. The quantitative estimate of drug-likeness (QED) is 0.471. The zero-order chi connectivity index (χ0) is 24.8. The molecule has 0 radical (unpaired) electrons. The Bertz CT molecular complexity index is 1110. The zero-order valence-electron chi connectivity index (χ0n) is 19.9. The van der Waals surface area contributed by atoms with Gasteiger partial charge < -0.3 is 14.8 Å². The second-order valence-electron chi connectivity index (χ2n) is 7.62. The first-order valence-corrected chi connectivity index (χ1v) is 12.4. The number of hydrogen-bond acceptors (Lipinski definition) is 7. The van der Waals surface area contributed by atoms with Crippen molar-refractivity contribution in [3.63, 3.8) is 0 Å². The fraction of sp³-hybridized carbons (Fsp3) is 0.500. The summed E-state index contributed by atoms with van der Waals surface area (Å²) in [7, 11) is -3.95. The number of nitrogens with zero attached hydrogens (tertiary/aromatic N) is 2. The van der Waals surface area contributed by atoms with Crippen LogP contribution in [0.25, 0.3) is 0 Å².